The number of carbonyl (C=O) groups is 2. The van der Waals surface area contributed by atoms with E-state index >= 15 is 0 Å². The molecular weight excluding hydrogens is 270 g/mol. The first-order valence-corrected chi connectivity index (χ1v) is 6.35. The van der Waals surface area contributed by atoms with Gasteiger partial charge in [-0.2, -0.15) is 0 Å². The van der Waals surface area contributed by atoms with Crippen LogP contribution in [0, 0.1) is 0 Å². The molecule has 21 heavy (non-hydrogen) atoms. The molecule has 2 aromatic rings. The Bertz CT molecular complexity index is 650. The zero-order valence-corrected chi connectivity index (χ0v) is 11.5. The second kappa shape index (κ2) is 6.56. The topological polar surface area (TPSA) is 75.6 Å². The third-order valence-electron chi connectivity index (χ3n) is 2.95. The standard InChI is InChI=1S/C16H15NO4/c1-21-13-8-6-12(7-9-13)17-16(20)14-5-3-2-4-11(14)10-15(18)19/h2-9H,10H2,1H3,(H,17,20)(H,18,19). The van der Waals surface area contributed by atoms with Crippen LogP contribution >= 0.6 is 0 Å². The van der Waals surface area contributed by atoms with Crippen LogP contribution in [-0.2, 0) is 11.2 Å². The number of benzene rings is 2. The number of carboxylic acid groups (broad SMARTS) is 1. The number of methoxy groups -OCH3 is 1. The van der Waals surface area contributed by atoms with Crippen LogP contribution in [0.5, 0.6) is 5.75 Å². The smallest absolute Gasteiger partial charge is 0.307 e. The quantitative estimate of drug-likeness (QED) is 0.885. The molecule has 5 nitrogen and oxygen atoms in total. The summed E-state index contributed by atoms with van der Waals surface area (Å²) in [5, 5.41) is 11.6. The van der Waals surface area contributed by atoms with E-state index in [2.05, 4.69) is 5.32 Å². The van der Waals surface area contributed by atoms with Crippen LogP contribution in [0.15, 0.2) is 48.5 Å². The van der Waals surface area contributed by atoms with Gasteiger partial charge in [-0.25, -0.2) is 0 Å². The molecule has 0 aliphatic rings. The lowest BCUT2D eigenvalue weighted by Gasteiger charge is -2.09. The number of anilines is 1. The fourth-order valence-corrected chi connectivity index (χ4v) is 1.93. The lowest BCUT2D eigenvalue weighted by molar-refractivity contribution is -0.136. The van der Waals surface area contributed by atoms with E-state index in [1.54, 1.807) is 55.6 Å². The van der Waals surface area contributed by atoms with Gasteiger partial charge in [0.2, 0.25) is 0 Å². The Hall–Kier alpha value is -2.82. The van der Waals surface area contributed by atoms with Gasteiger partial charge in [0, 0.05) is 11.3 Å². The molecule has 0 saturated heterocycles. The summed E-state index contributed by atoms with van der Waals surface area (Å²) < 4.78 is 5.04. The Kier molecular flexibility index (Phi) is 4.56. The molecule has 0 heterocycles. The van der Waals surface area contributed by atoms with Crippen LogP contribution in [0.2, 0.25) is 0 Å². The van der Waals surface area contributed by atoms with Crippen molar-refractivity contribution in [3.8, 4) is 5.75 Å². The molecule has 0 atom stereocenters. The van der Waals surface area contributed by atoms with E-state index in [9.17, 15) is 9.59 Å². The summed E-state index contributed by atoms with van der Waals surface area (Å²) in [6, 6.07) is 13.6. The van der Waals surface area contributed by atoms with Crippen LogP contribution in [0.1, 0.15) is 15.9 Å². The van der Waals surface area contributed by atoms with E-state index in [1.807, 2.05) is 0 Å². The molecule has 0 aliphatic heterocycles. The van der Waals surface area contributed by atoms with Gasteiger partial charge in [0.15, 0.2) is 0 Å². The summed E-state index contributed by atoms with van der Waals surface area (Å²) in [6.07, 6.45) is -0.188. The van der Waals surface area contributed by atoms with Crippen LogP contribution < -0.4 is 10.1 Å². The molecular formula is C16H15NO4. The predicted molar refractivity (Wildman–Crippen MR) is 78.7 cm³/mol. The van der Waals surface area contributed by atoms with E-state index in [0.29, 0.717) is 22.6 Å². The van der Waals surface area contributed by atoms with E-state index in [1.165, 1.54) is 0 Å². The van der Waals surface area contributed by atoms with Crippen molar-refractivity contribution in [2.75, 3.05) is 12.4 Å². The van der Waals surface area contributed by atoms with Crippen molar-refractivity contribution in [1.82, 2.24) is 0 Å². The number of hydrogen-bond donors (Lipinski definition) is 2. The molecule has 0 bridgehead atoms. The van der Waals surface area contributed by atoms with Crippen molar-refractivity contribution in [3.63, 3.8) is 0 Å². The van der Waals surface area contributed by atoms with Gasteiger partial charge in [0.05, 0.1) is 13.5 Å². The third-order valence-corrected chi connectivity index (χ3v) is 2.95. The molecule has 2 N–H and O–H groups in total. The van der Waals surface area contributed by atoms with E-state index in [4.69, 9.17) is 9.84 Å². The third kappa shape index (κ3) is 3.82. The molecule has 0 spiro atoms. The molecule has 2 aromatic carbocycles. The lowest BCUT2D eigenvalue weighted by Crippen LogP contribution is -2.15. The van der Waals surface area contributed by atoms with E-state index in [-0.39, 0.29) is 12.3 Å². The number of carboxylic acids is 1. The fraction of sp³-hybridized carbons (Fsp3) is 0.125. The minimum atomic E-state index is -0.973. The van der Waals surface area contributed by atoms with Gasteiger partial charge in [0.25, 0.3) is 5.91 Å². The average Bonchev–Trinajstić information content (AvgIpc) is 2.48. The van der Waals surface area contributed by atoms with Crippen LogP contribution in [0.4, 0.5) is 5.69 Å². The van der Waals surface area contributed by atoms with Gasteiger partial charge in [-0.3, -0.25) is 9.59 Å². The molecule has 0 aromatic heterocycles. The lowest BCUT2D eigenvalue weighted by atomic mass is 10.0. The molecule has 0 fully saturated rings. The Morgan fingerprint density at radius 2 is 1.76 bits per heavy atom. The largest absolute Gasteiger partial charge is 0.497 e. The first-order chi connectivity index (χ1) is 10.1. The summed E-state index contributed by atoms with van der Waals surface area (Å²) in [4.78, 5) is 23.1. The maximum Gasteiger partial charge on any atom is 0.307 e. The van der Waals surface area contributed by atoms with Gasteiger partial charge < -0.3 is 15.2 Å². The molecule has 0 saturated carbocycles. The SMILES string of the molecule is COc1ccc(NC(=O)c2ccccc2CC(=O)O)cc1. The summed E-state index contributed by atoms with van der Waals surface area (Å²) in [6.45, 7) is 0. The van der Waals surface area contributed by atoms with Crippen molar-refractivity contribution in [1.29, 1.82) is 0 Å². The van der Waals surface area contributed by atoms with Gasteiger partial charge in [0.1, 0.15) is 5.75 Å². The highest BCUT2D eigenvalue weighted by Gasteiger charge is 2.13. The van der Waals surface area contributed by atoms with Crippen LogP contribution in [-0.4, -0.2) is 24.1 Å². The first kappa shape index (κ1) is 14.6. The minimum absolute atomic E-state index is 0.188. The number of carbonyl (C=O) groups excluding carboxylic acids is 1. The van der Waals surface area contributed by atoms with E-state index < -0.39 is 5.97 Å². The number of amides is 1. The van der Waals surface area contributed by atoms with Gasteiger partial charge in [-0.05, 0) is 35.9 Å². The number of aliphatic carboxylic acids is 1. The number of ether oxygens (including phenoxy) is 1. The molecule has 1 amide bonds. The van der Waals surface area contributed by atoms with Gasteiger partial charge in [-0.15, -0.1) is 0 Å². The summed E-state index contributed by atoms with van der Waals surface area (Å²) >= 11 is 0. The first-order valence-electron chi connectivity index (χ1n) is 6.35. The molecule has 0 aliphatic carbocycles. The minimum Gasteiger partial charge on any atom is -0.497 e. The Balaban J connectivity index is 2.17. The highest BCUT2D eigenvalue weighted by Crippen LogP contribution is 2.17. The highest BCUT2D eigenvalue weighted by atomic mass is 16.5. The molecule has 5 heteroatoms. The Morgan fingerprint density at radius 3 is 2.38 bits per heavy atom. The second-order valence-electron chi connectivity index (χ2n) is 4.41. The number of hydrogen-bond acceptors (Lipinski definition) is 3. The fourth-order valence-electron chi connectivity index (χ4n) is 1.93. The molecule has 0 radical (unpaired) electrons. The van der Waals surface area contributed by atoms with Crippen molar-refractivity contribution < 1.29 is 19.4 Å². The summed E-state index contributed by atoms with van der Waals surface area (Å²) in [5.74, 6) is -0.615. The zero-order chi connectivity index (χ0) is 15.2. The van der Waals surface area contributed by atoms with Crippen molar-refractivity contribution in [2.45, 2.75) is 6.42 Å². The maximum absolute atomic E-state index is 12.2. The number of rotatable bonds is 5. The molecule has 108 valence electrons. The maximum atomic E-state index is 12.2. The predicted octanol–water partition coefficient (Wildman–Crippen LogP) is 2.57. The average molecular weight is 285 g/mol. The van der Waals surface area contributed by atoms with Crippen molar-refractivity contribution in [3.05, 3.63) is 59.7 Å². The summed E-state index contributed by atoms with van der Waals surface area (Å²) in [5.41, 5.74) is 1.46. The molecule has 2 rings (SSSR count). The van der Waals surface area contributed by atoms with Crippen LogP contribution in [0.3, 0.4) is 0 Å². The van der Waals surface area contributed by atoms with Gasteiger partial charge in [-0.1, -0.05) is 18.2 Å². The normalized spacial score (nSPS) is 9.95. The second-order valence-corrected chi connectivity index (χ2v) is 4.41. The molecule has 0 unspecified atom stereocenters. The van der Waals surface area contributed by atoms with Crippen molar-refractivity contribution >= 4 is 17.6 Å². The van der Waals surface area contributed by atoms with E-state index in [0.717, 1.165) is 0 Å². The van der Waals surface area contributed by atoms with Crippen LogP contribution in [0.25, 0.3) is 0 Å². The van der Waals surface area contributed by atoms with Crippen molar-refractivity contribution in [2.24, 2.45) is 0 Å². The monoisotopic (exact) mass is 285 g/mol. The Labute approximate surface area is 122 Å². The Morgan fingerprint density at radius 1 is 1.10 bits per heavy atom. The zero-order valence-electron chi connectivity index (χ0n) is 11.5. The highest BCUT2D eigenvalue weighted by molar-refractivity contribution is 6.05. The van der Waals surface area contributed by atoms with Gasteiger partial charge >= 0.3 is 5.97 Å². The number of nitrogens with one attached hydrogen (secondary N) is 1. The summed E-state index contributed by atoms with van der Waals surface area (Å²) in [7, 11) is 1.57.